The van der Waals surface area contributed by atoms with E-state index in [1.54, 1.807) is 12.0 Å². The van der Waals surface area contributed by atoms with Gasteiger partial charge in [0.15, 0.2) is 5.96 Å². The van der Waals surface area contributed by atoms with Crippen molar-refractivity contribution >= 4 is 16.7 Å². The van der Waals surface area contributed by atoms with Crippen molar-refractivity contribution in [3.05, 3.63) is 42.3 Å². The number of nitrogens with two attached hydrogens (primary N) is 1. The van der Waals surface area contributed by atoms with E-state index >= 15 is 0 Å². The van der Waals surface area contributed by atoms with Crippen LogP contribution in [0.25, 0.3) is 22.2 Å². The predicted molar refractivity (Wildman–Crippen MR) is 110 cm³/mol. The Labute approximate surface area is 169 Å². The Morgan fingerprint density at radius 1 is 1.24 bits per heavy atom. The number of hydrogen-bond donors (Lipinski definition) is 2. The molecule has 1 aromatic heterocycles. The van der Waals surface area contributed by atoms with Crippen LogP contribution < -0.4 is 10.5 Å². The summed E-state index contributed by atoms with van der Waals surface area (Å²) in [7, 11) is 1.69. The summed E-state index contributed by atoms with van der Waals surface area (Å²) in [6.45, 7) is 2.06. The van der Waals surface area contributed by atoms with Crippen molar-refractivity contribution in [2.24, 2.45) is 5.73 Å². The maximum atomic E-state index is 7.71. The molecule has 0 amide bonds. The highest BCUT2D eigenvalue weighted by Gasteiger charge is 2.31. The number of rotatable bonds is 7. The van der Waals surface area contributed by atoms with Gasteiger partial charge in [-0.1, -0.05) is 23.4 Å². The third kappa shape index (κ3) is 4.17. The lowest BCUT2D eigenvalue weighted by atomic mass is 10.1. The molecule has 0 spiro atoms. The first-order valence-electron chi connectivity index (χ1n) is 9.76. The van der Waals surface area contributed by atoms with Gasteiger partial charge in [-0.25, -0.2) is 0 Å². The smallest absolute Gasteiger partial charge is 0.249 e. The summed E-state index contributed by atoms with van der Waals surface area (Å²) in [6.07, 6.45) is 2.66. The van der Waals surface area contributed by atoms with Crippen LogP contribution in [0.5, 0.6) is 5.75 Å². The number of guanidine groups is 1. The molecule has 1 aliphatic heterocycles. The van der Waals surface area contributed by atoms with Gasteiger partial charge in [0, 0.05) is 32.2 Å². The Morgan fingerprint density at radius 2 is 2.07 bits per heavy atom. The van der Waals surface area contributed by atoms with Gasteiger partial charge in [0.05, 0.1) is 6.61 Å². The van der Waals surface area contributed by atoms with Gasteiger partial charge in [-0.05, 0) is 41.8 Å². The van der Waals surface area contributed by atoms with E-state index in [1.165, 1.54) is 0 Å². The average Bonchev–Trinajstić information content (AvgIpc) is 3.40. The highest BCUT2D eigenvalue weighted by Crippen LogP contribution is 2.32. The SMILES string of the molecule is COCCCOc1ccc2cc(-c3noc([C@@H]4CCCN4C(=N)N)n3)ccc2c1. The molecular weight excluding hydrogens is 370 g/mol. The fourth-order valence-electron chi connectivity index (χ4n) is 3.65. The van der Waals surface area contributed by atoms with Crippen molar-refractivity contribution < 1.29 is 14.0 Å². The normalized spacial score (nSPS) is 16.4. The standard InChI is InChI=1S/C21H25N5O3/c1-27-10-3-11-28-17-8-7-14-12-16(6-5-15(14)13-17)19-24-20(29-25-19)18-4-2-9-26(18)21(22)23/h5-8,12-13,18H,2-4,9-11H2,1H3,(H3,22,23)/t18-/m0/s1. The number of methoxy groups -OCH3 is 1. The van der Waals surface area contributed by atoms with Crippen LogP contribution in [0, 0.1) is 5.41 Å². The first kappa shape index (κ1) is 19.2. The van der Waals surface area contributed by atoms with Crippen LogP contribution in [0.4, 0.5) is 0 Å². The quantitative estimate of drug-likeness (QED) is 0.359. The molecule has 0 radical (unpaired) electrons. The highest BCUT2D eigenvalue weighted by molar-refractivity contribution is 5.87. The molecule has 3 aromatic rings. The molecular formula is C21H25N5O3. The Bertz CT molecular complexity index is 1000. The van der Waals surface area contributed by atoms with Crippen molar-refractivity contribution in [1.29, 1.82) is 5.41 Å². The molecule has 1 aliphatic rings. The van der Waals surface area contributed by atoms with Crippen molar-refractivity contribution in [3.63, 3.8) is 0 Å². The number of benzene rings is 2. The molecule has 1 atom stereocenters. The topological polar surface area (TPSA) is 110 Å². The molecule has 2 aromatic carbocycles. The van der Waals surface area contributed by atoms with E-state index in [1.807, 2.05) is 36.4 Å². The molecule has 8 nitrogen and oxygen atoms in total. The molecule has 0 bridgehead atoms. The van der Waals surface area contributed by atoms with Crippen LogP contribution in [0.1, 0.15) is 31.2 Å². The van der Waals surface area contributed by atoms with Gasteiger partial charge in [0.2, 0.25) is 11.7 Å². The van der Waals surface area contributed by atoms with Crippen LogP contribution >= 0.6 is 0 Å². The Kier molecular flexibility index (Phi) is 5.62. The number of fused-ring (bicyclic) bond motifs is 1. The van der Waals surface area contributed by atoms with E-state index in [-0.39, 0.29) is 12.0 Å². The third-order valence-electron chi connectivity index (χ3n) is 5.12. The average molecular weight is 395 g/mol. The molecule has 0 aliphatic carbocycles. The number of hydrogen-bond acceptors (Lipinski definition) is 6. The summed E-state index contributed by atoms with van der Waals surface area (Å²) in [6, 6.07) is 11.9. The van der Waals surface area contributed by atoms with Gasteiger partial charge in [0.1, 0.15) is 11.8 Å². The predicted octanol–water partition coefficient (Wildman–Crippen LogP) is 3.34. The molecule has 3 N–H and O–H groups in total. The second-order valence-corrected chi connectivity index (χ2v) is 7.11. The first-order valence-corrected chi connectivity index (χ1v) is 9.76. The highest BCUT2D eigenvalue weighted by atomic mass is 16.5. The largest absolute Gasteiger partial charge is 0.493 e. The summed E-state index contributed by atoms with van der Waals surface area (Å²) in [5.74, 6) is 1.93. The van der Waals surface area contributed by atoms with E-state index < -0.39 is 0 Å². The van der Waals surface area contributed by atoms with Gasteiger partial charge >= 0.3 is 0 Å². The van der Waals surface area contributed by atoms with E-state index in [0.717, 1.165) is 47.9 Å². The Balaban J connectivity index is 1.51. The molecule has 0 unspecified atom stereocenters. The van der Waals surface area contributed by atoms with Crippen molar-refractivity contribution in [2.75, 3.05) is 26.9 Å². The zero-order valence-electron chi connectivity index (χ0n) is 16.4. The van der Waals surface area contributed by atoms with Crippen molar-refractivity contribution in [2.45, 2.75) is 25.3 Å². The lowest BCUT2D eigenvalue weighted by molar-refractivity contribution is 0.172. The fourth-order valence-corrected chi connectivity index (χ4v) is 3.65. The van der Waals surface area contributed by atoms with Gasteiger partial charge in [-0.2, -0.15) is 4.98 Å². The Morgan fingerprint density at radius 3 is 2.90 bits per heavy atom. The maximum Gasteiger partial charge on any atom is 0.249 e. The number of ether oxygens (including phenoxy) is 2. The number of aromatic nitrogens is 2. The minimum absolute atomic E-state index is 0.0400. The number of nitrogens with one attached hydrogen (secondary N) is 1. The van der Waals surface area contributed by atoms with Crippen molar-refractivity contribution in [1.82, 2.24) is 15.0 Å². The van der Waals surface area contributed by atoms with Gasteiger partial charge in [0.25, 0.3) is 0 Å². The van der Waals surface area contributed by atoms with Crippen LogP contribution in [-0.2, 0) is 4.74 Å². The molecule has 1 saturated heterocycles. The van der Waals surface area contributed by atoms with Gasteiger partial charge < -0.3 is 24.6 Å². The Hall–Kier alpha value is -3.13. The number of likely N-dealkylation sites (tertiary alicyclic amines) is 1. The van der Waals surface area contributed by atoms with E-state index in [2.05, 4.69) is 10.1 Å². The minimum atomic E-state index is -0.118. The molecule has 152 valence electrons. The second kappa shape index (κ2) is 8.48. The van der Waals surface area contributed by atoms with Gasteiger partial charge in [-0.3, -0.25) is 5.41 Å². The molecule has 1 fully saturated rings. The minimum Gasteiger partial charge on any atom is -0.493 e. The summed E-state index contributed by atoms with van der Waals surface area (Å²) >= 11 is 0. The molecule has 2 heterocycles. The molecule has 8 heteroatoms. The summed E-state index contributed by atoms with van der Waals surface area (Å²) in [4.78, 5) is 6.37. The van der Waals surface area contributed by atoms with Crippen LogP contribution in [0.2, 0.25) is 0 Å². The summed E-state index contributed by atoms with van der Waals surface area (Å²) < 4.78 is 16.3. The summed E-state index contributed by atoms with van der Waals surface area (Å²) in [5.41, 5.74) is 6.55. The van der Waals surface area contributed by atoms with Gasteiger partial charge in [-0.15, -0.1) is 0 Å². The molecule has 29 heavy (non-hydrogen) atoms. The lowest BCUT2D eigenvalue weighted by Crippen LogP contribution is -2.35. The summed E-state index contributed by atoms with van der Waals surface area (Å²) in [5, 5.41) is 14.0. The molecule has 0 saturated carbocycles. The zero-order valence-corrected chi connectivity index (χ0v) is 16.4. The lowest BCUT2D eigenvalue weighted by Gasteiger charge is -2.21. The maximum absolute atomic E-state index is 7.71. The number of nitrogens with zero attached hydrogens (tertiary/aromatic N) is 3. The fraction of sp³-hybridized carbons (Fsp3) is 0.381. The van der Waals surface area contributed by atoms with Crippen LogP contribution in [-0.4, -0.2) is 47.9 Å². The van der Waals surface area contributed by atoms with Crippen LogP contribution in [0.3, 0.4) is 0 Å². The van der Waals surface area contributed by atoms with E-state index in [0.29, 0.717) is 24.9 Å². The van der Waals surface area contributed by atoms with Crippen LogP contribution in [0.15, 0.2) is 40.9 Å². The van der Waals surface area contributed by atoms with E-state index in [4.69, 9.17) is 25.1 Å². The first-order chi connectivity index (χ1) is 14.2. The molecule has 4 rings (SSSR count). The third-order valence-corrected chi connectivity index (χ3v) is 5.12. The second-order valence-electron chi connectivity index (χ2n) is 7.11. The van der Waals surface area contributed by atoms with E-state index in [9.17, 15) is 0 Å². The monoisotopic (exact) mass is 395 g/mol. The van der Waals surface area contributed by atoms with Crippen molar-refractivity contribution in [3.8, 4) is 17.1 Å². The zero-order chi connectivity index (χ0) is 20.2.